The fraction of sp³-hybridized carbons (Fsp3) is 0.333. The van der Waals surface area contributed by atoms with Crippen molar-refractivity contribution in [1.82, 2.24) is 9.88 Å². The summed E-state index contributed by atoms with van der Waals surface area (Å²) in [5.41, 5.74) is 1.19. The number of halogens is 1. The van der Waals surface area contributed by atoms with E-state index in [-0.39, 0.29) is 17.9 Å². The van der Waals surface area contributed by atoms with Gasteiger partial charge in [0.05, 0.1) is 29.9 Å². The number of methoxy groups -OCH3 is 1. The minimum absolute atomic E-state index is 0.177. The lowest BCUT2D eigenvalue weighted by molar-refractivity contribution is 0.0939. The van der Waals surface area contributed by atoms with Crippen molar-refractivity contribution in [3.63, 3.8) is 0 Å². The number of hydrogen-bond donors (Lipinski definition) is 0. The van der Waals surface area contributed by atoms with E-state index in [4.69, 9.17) is 4.74 Å². The van der Waals surface area contributed by atoms with Crippen LogP contribution in [0.2, 0.25) is 0 Å². The van der Waals surface area contributed by atoms with Crippen LogP contribution in [0, 0.1) is 12.7 Å². The molecule has 0 aliphatic heterocycles. The van der Waals surface area contributed by atoms with Gasteiger partial charge in [-0.3, -0.25) is 9.69 Å². The van der Waals surface area contributed by atoms with E-state index in [1.807, 2.05) is 24.3 Å². The first kappa shape index (κ1) is 15.6. The molecule has 6 heteroatoms. The Kier molecular flexibility index (Phi) is 5.03. The van der Waals surface area contributed by atoms with E-state index >= 15 is 0 Å². The summed E-state index contributed by atoms with van der Waals surface area (Å²) in [6.07, 6.45) is 0. The van der Waals surface area contributed by atoms with Crippen LogP contribution < -0.4 is 4.74 Å². The van der Waals surface area contributed by atoms with Gasteiger partial charge in [0, 0.05) is 11.9 Å². The topological polar surface area (TPSA) is 42.4 Å². The molecule has 21 heavy (non-hydrogen) atoms. The number of benzene rings is 1. The number of aromatic nitrogens is 1. The Balaban J connectivity index is 2.05. The third kappa shape index (κ3) is 4.09. The molecule has 4 nitrogen and oxygen atoms in total. The molecule has 0 unspecified atom stereocenters. The van der Waals surface area contributed by atoms with E-state index in [1.54, 1.807) is 11.3 Å². The molecule has 0 amide bonds. The minimum atomic E-state index is -0.447. The SMILES string of the molecule is COc1ccc(F)cc1C(=O)CN(C)Cc1csc(C)n1. The maximum absolute atomic E-state index is 13.3. The molecule has 0 saturated heterocycles. The maximum atomic E-state index is 13.3. The lowest BCUT2D eigenvalue weighted by atomic mass is 10.1. The largest absolute Gasteiger partial charge is 0.496 e. The number of rotatable bonds is 6. The quantitative estimate of drug-likeness (QED) is 0.770. The Morgan fingerprint density at radius 1 is 1.48 bits per heavy atom. The van der Waals surface area contributed by atoms with Gasteiger partial charge in [0.15, 0.2) is 5.78 Å². The Hall–Kier alpha value is -1.79. The van der Waals surface area contributed by atoms with Gasteiger partial charge < -0.3 is 4.74 Å². The molecule has 2 rings (SSSR count). The molecule has 0 N–H and O–H groups in total. The number of nitrogens with zero attached hydrogens (tertiary/aromatic N) is 2. The summed E-state index contributed by atoms with van der Waals surface area (Å²) in [6, 6.07) is 3.95. The monoisotopic (exact) mass is 308 g/mol. The first-order chi connectivity index (χ1) is 9.99. The predicted molar refractivity (Wildman–Crippen MR) is 80.5 cm³/mol. The van der Waals surface area contributed by atoms with Crippen LogP contribution in [-0.2, 0) is 6.54 Å². The van der Waals surface area contributed by atoms with E-state index < -0.39 is 5.82 Å². The van der Waals surface area contributed by atoms with Crippen LogP contribution in [-0.4, -0.2) is 36.4 Å². The molecule has 0 atom stereocenters. The van der Waals surface area contributed by atoms with E-state index in [9.17, 15) is 9.18 Å². The lowest BCUT2D eigenvalue weighted by Crippen LogP contribution is -2.26. The zero-order chi connectivity index (χ0) is 15.4. The molecule has 0 radical (unpaired) electrons. The van der Waals surface area contributed by atoms with E-state index in [2.05, 4.69) is 4.98 Å². The second-order valence-electron chi connectivity index (χ2n) is 4.80. The number of aryl methyl sites for hydroxylation is 1. The average molecular weight is 308 g/mol. The van der Waals surface area contributed by atoms with Crippen molar-refractivity contribution in [3.05, 3.63) is 45.7 Å². The molecule has 0 spiro atoms. The van der Waals surface area contributed by atoms with Crippen molar-refractivity contribution in [2.75, 3.05) is 20.7 Å². The Morgan fingerprint density at radius 2 is 2.24 bits per heavy atom. The molecule has 0 aliphatic rings. The van der Waals surface area contributed by atoms with Crippen LogP contribution in [0.15, 0.2) is 23.6 Å². The van der Waals surface area contributed by atoms with Crippen molar-refractivity contribution in [1.29, 1.82) is 0 Å². The number of Topliss-reactive ketones (excluding diaryl/α,β-unsaturated/α-hetero) is 1. The highest BCUT2D eigenvalue weighted by Gasteiger charge is 2.16. The molecule has 112 valence electrons. The molecule has 0 fully saturated rings. The molecule has 1 aromatic carbocycles. The van der Waals surface area contributed by atoms with Crippen molar-refractivity contribution >= 4 is 17.1 Å². The third-order valence-electron chi connectivity index (χ3n) is 2.97. The molecular weight excluding hydrogens is 291 g/mol. The first-order valence-corrected chi connectivity index (χ1v) is 7.34. The number of likely N-dealkylation sites (N-methyl/N-ethyl adjacent to an activating group) is 1. The number of thiazole rings is 1. The van der Waals surface area contributed by atoms with Crippen LogP contribution in [0.3, 0.4) is 0 Å². The summed E-state index contributed by atoms with van der Waals surface area (Å²) in [6.45, 7) is 2.70. The molecule has 2 aromatic rings. The van der Waals surface area contributed by atoms with Gasteiger partial charge in [0.2, 0.25) is 0 Å². The standard InChI is InChI=1S/C15H17FN2O2S/c1-10-17-12(9-21-10)7-18(2)8-14(19)13-6-11(16)4-5-15(13)20-3/h4-6,9H,7-8H2,1-3H3. The normalized spacial score (nSPS) is 10.9. The molecule has 0 aliphatic carbocycles. The summed E-state index contributed by atoms with van der Waals surface area (Å²) in [5.74, 6) is -0.239. The molecule has 0 bridgehead atoms. The second kappa shape index (κ2) is 6.78. The van der Waals surface area contributed by atoms with Crippen molar-refractivity contribution < 1.29 is 13.9 Å². The lowest BCUT2D eigenvalue weighted by Gasteiger charge is -2.15. The van der Waals surface area contributed by atoms with Crippen molar-refractivity contribution in [2.24, 2.45) is 0 Å². The maximum Gasteiger partial charge on any atom is 0.180 e. The summed E-state index contributed by atoms with van der Waals surface area (Å²) < 4.78 is 18.4. The average Bonchev–Trinajstić information content (AvgIpc) is 2.83. The summed E-state index contributed by atoms with van der Waals surface area (Å²) >= 11 is 1.58. The fourth-order valence-corrected chi connectivity index (χ4v) is 2.65. The van der Waals surface area contributed by atoms with Crippen LogP contribution >= 0.6 is 11.3 Å². The second-order valence-corrected chi connectivity index (χ2v) is 5.86. The van der Waals surface area contributed by atoms with Crippen LogP contribution in [0.25, 0.3) is 0 Å². The number of carbonyl (C=O) groups is 1. The van der Waals surface area contributed by atoms with Crippen LogP contribution in [0.4, 0.5) is 4.39 Å². The number of hydrogen-bond acceptors (Lipinski definition) is 5. The highest BCUT2D eigenvalue weighted by Crippen LogP contribution is 2.20. The summed E-state index contributed by atoms with van der Waals surface area (Å²) in [4.78, 5) is 18.5. The summed E-state index contributed by atoms with van der Waals surface area (Å²) in [5, 5.41) is 2.97. The highest BCUT2D eigenvalue weighted by molar-refractivity contribution is 7.09. The van der Waals surface area contributed by atoms with Gasteiger partial charge in [0.1, 0.15) is 11.6 Å². The van der Waals surface area contributed by atoms with Gasteiger partial charge in [-0.15, -0.1) is 11.3 Å². The van der Waals surface area contributed by atoms with Gasteiger partial charge >= 0.3 is 0 Å². The van der Waals surface area contributed by atoms with Crippen LogP contribution in [0.5, 0.6) is 5.75 Å². The van der Waals surface area contributed by atoms with Crippen molar-refractivity contribution in [2.45, 2.75) is 13.5 Å². The Labute approximate surface area is 127 Å². The summed E-state index contributed by atoms with van der Waals surface area (Å²) in [7, 11) is 3.30. The Morgan fingerprint density at radius 3 is 2.86 bits per heavy atom. The van der Waals surface area contributed by atoms with Gasteiger partial charge in [-0.25, -0.2) is 9.37 Å². The minimum Gasteiger partial charge on any atom is -0.496 e. The van der Waals surface area contributed by atoms with Gasteiger partial charge in [-0.1, -0.05) is 0 Å². The van der Waals surface area contributed by atoms with E-state index in [0.29, 0.717) is 12.3 Å². The molecular formula is C15H17FN2O2S. The smallest absolute Gasteiger partial charge is 0.180 e. The fourth-order valence-electron chi connectivity index (χ4n) is 2.04. The number of ether oxygens (including phenoxy) is 1. The molecule has 1 heterocycles. The zero-order valence-corrected chi connectivity index (χ0v) is 13.0. The first-order valence-electron chi connectivity index (χ1n) is 6.46. The number of carbonyl (C=O) groups excluding carboxylic acids is 1. The third-order valence-corrected chi connectivity index (χ3v) is 3.80. The van der Waals surface area contributed by atoms with Gasteiger partial charge in [-0.05, 0) is 32.2 Å². The van der Waals surface area contributed by atoms with Gasteiger partial charge in [0.25, 0.3) is 0 Å². The van der Waals surface area contributed by atoms with Gasteiger partial charge in [-0.2, -0.15) is 0 Å². The number of ketones is 1. The highest BCUT2D eigenvalue weighted by atomic mass is 32.1. The van der Waals surface area contributed by atoms with Crippen LogP contribution in [0.1, 0.15) is 21.1 Å². The van der Waals surface area contributed by atoms with E-state index in [1.165, 1.54) is 25.3 Å². The molecule has 1 aromatic heterocycles. The zero-order valence-electron chi connectivity index (χ0n) is 12.2. The Bertz CT molecular complexity index is 642. The van der Waals surface area contributed by atoms with Crippen molar-refractivity contribution in [3.8, 4) is 5.75 Å². The van der Waals surface area contributed by atoms with E-state index in [0.717, 1.165) is 10.7 Å². The molecule has 0 saturated carbocycles. The predicted octanol–water partition coefficient (Wildman–Crippen LogP) is 2.91.